The van der Waals surface area contributed by atoms with Crippen molar-refractivity contribution in [2.24, 2.45) is 0 Å². The maximum atomic E-state index is 9.27. The van der Waals surface area contributed by atoms with Gasteiger partial charge in [0.05, 0.1) is 6.07 Å². The van der Waals surface area contributed by atoms with Gasteiger partial charge in [0, 0.05) is 12.1 Å². The van der Waals surface area contributed by atoms with Gasteiger partial charge >= 0.3 is 0 Å². The summed E-state index contributed by atoms with van der Waals surface area (Å²) in [5.74, 6) is 0. The summed E-state index contributed by atoms with van der Waals surface area (Å²) < 4.78 is 0. The van der Waals surface area contributed by atoms with E-state index in [1.807, 2.05) is 13.8 Å². The first kappa shape index (κ1) is 16.4. The third kappa shape index (κ3) is 5.06. The van der Waals surface area contributed by atoms with Crippen molar-refractivity contribution < 1.29 is 0 Å². The molecule has 100 valence electrons. The highest BCUT2D eigenvalue weighted by Crippen LogP contribution is 2.18. The molecule has 0 fully saturated rings. The van der Waals surface area contributed by atoms with Crippen LogP contribution in [-0.4, -0.2) is 36.1 Å². The first-order chi connectivity index (χ1) is 7.94. The van der Waals surface area contributed by atoms with Crippen LogP contribution in [0.4, 0.5) is 0 Å². The fraction of sp³-hybridized carbons (Fsp3) is 0.929. The van der Waals surface area contributed by atoms with Gasteiger partial charge in [0.15, 0.2) is 0 Å². The van der Waals surface area contributed by atoms with Crippen LogP contribution in [0.2, 0.25) is 0 Å². The van der Waals surface area contributed by atoms with E-state index in [0.717, 1.165) is 13.0 Å². The highest BCUT2D eigenvalue weighted by atomic mass is 15.2. The van der Waals surface area contributed by atoms with Crippen LogP contribution in [0.25, 0.3) is 0 Å². The van der Waals surface area contributed by atoms with Crippen LogP contribution in [-0.2, 0) is 0 Å². The molecule has 0 amide bonds. The molecule has 0 rings (SSSR count). The Kier molecular flexibility index (Phi) is 7.41. The van der Waals surface area contributed by atoms with Crippen molar-refractivity contribution in [1.29, 1.82) is 5.26 Å². The Morgan fingerprint density at radius 3 is 2.18 bits per heavy atom. The Morgan fingerprint density at radius 2 is 1.82 bits per heavy atom. The Labute approximate surface area is 107 Å². The van der Waals surface area contributed by atoms with E-state index in [1.54, 1.807) is 0 Å². The lowest BCUT2D eigenvalue weighted by molar-refractivity contribution is 0.149. The third-order valence-corrected chi connectivity index (χ3v) is 3.73. The first-order valence-electron chi connectivity index (χ1n) is 6.82. The minimum Gasteiger partial charge on any atom is -0.301 e. The highest BCUT2D eigenvalue weighted by Gasteiger charge is 2.28. The molecule has 0 spiro atoms. The van der Waals surface area contributed by atoms with Crippen LogP contribution in [0.15, 0.2) is 0 Å². The van der Waals surface area contributed by atoms with Gasteiger partial charge in [-0.05, 0) is 46.7 Å². The maximum Gasteiger partial charge on any atom is 0.105 e. The second-order valence-corrected chi connectivity index (χ2v) is 5.16. The lowest BCUT2D eigenvalue weighted by Crippen LogP contribution is -2.48. The summed E-state index contributed by atoms with van der Waals surface area (Å²) in [6, 6.07) is 3.44. The smallest absolute Gasteiger partial charge is 0.105 e. The number of rotatable bonds is 8. The summed E-state index contributed by atoms with van der Waals surface area (Å²) in [5.41, 5.74) is -0.408. The molecule has 17 heavy (non-hydrogen) atoms. The summed E-state index contributed by atoms with van der Waals surface area (Å²) in [4.78, 5) is 2.41. The lowest BCUT2D eigenvalue weighted by Gasteiger charge is -2.36. The molecule has 0 saturated carbocycles. The molecule has 0 aromatic carbocycles. The van der Waals surface area contributed by atoms with Crippen LogP contribution >= 0.6 is 0 Å². The minimum absolute atomic E-state index is 0.408. The molecule has 0 aliphatic rings. The molecule has 1 N–H and O–H groups in total. The van der Waals surface area contributed by atoms with Crippen LogP contribution in [0, 0.1) is 11.3 Å². The maximum absolute atomic E-state index is 9.27. The number of nitrogens with one attached hydrogen (secondary N) is 1. The molecular weight excluding hydrogens is 210 g/mol. The van der Waals surface area contributed by atoms with Crippen LogP contribution in [0.5, 0.6) is 0 Å². The SMILES string of the molecule is CCNC(C)(C#N)CC(C)N(C)C(CC)CC. The van der Waals surface area contributed by atoms with E-state index >= 15 is 0 Å². The minimum atomic E-state index is -0.408. The van der Waals surface area contributed by atoms with Crippen molar-refractivity contribution in [2.75, 3.05) is 13.6 Å². The number of nitriles is 1. The zero-order chi connectivity index (χ0) is 13.5. The Balaban J connectivity index is 4.51. The molecular formula is C14H29N3. The van der Waals surface area contributed by atoms with Gasteiger partial charge in [-0.3, -0.25) is 5.32 Å². The predicted molar refractivity (Wildman–Crippen MR) is 73.9 cm³/mol. The molecule has 2 unspecified atom stereocenters. The number of nitrogens with zero attached hydrogens (tertiary/aromatic N) is 2. The third-order valence-electron chi connectivity index (χ3n) is 3.73. The molecule has 3 nitrogen and oxygen atoms in total. The Hall–Kier alpha value is -0.590. The highest BCUT2D eigenvalue weighted by molar-refractivity contribution is 5.05. The number of hydrogen-bond donors (Lipinski definition) is 1. The van der Waals surface area contributed by atoms with Crippen molar-refractivity contribution in [3.05, 3.63) is 0 Å². The van der Waals surface area contributed by atoms with Crippen molar-refractivity contribution in [3.63, 3.8) is 0 Å². The van der Waals surface area contributed by atoms with E-state index in [9.17, 15) is 5.26 Å². The van der Waals surface area contributed by atoms with E-state index in [2.05, 4.69) is 44.1 Å². The van der Waals surface area contributed by atoms with Gasteiger partial charge in [0.1, 0.15) is 5.54 Å². The quantitative estimate of drug-likeness (QED) is 0.708. The zero-order valence-corrected chi connectivity index (χ0v) is 12.4. The average Bonchev–Trinajstić information content (AvgIpc) is 2.30. The van der Waals surface area contributed by atoms with Crippen LogP contribution in [0.1, 0.15) is 53.9 Å². The van der Waals surface area contributed by atoms with Crippen LogP contribution < -0.4 is 5.32 Å². The fourth-order valence-corrected chi connectivity index (χ4v) is 2.51. The van der Waals surface area contributed by atoms with Gasteiger partial charge in [0.2, 0.25) is 0 Å². The fourth-order valence-electron chi connectivity index (χ4n) is 2.51. The molecule has 0 saturated heterocycles. The van der Waals surface area contributed by atoms with Gasteiger partial charge in [-0.1, -0.05) is 20.8 Å². The van der Waals surface area contributed by atoms with Crippen molar-refractivity contribution in [1.82, 2.24) is 10.2 Å². The largest absolute Gasteiger partial charge is 0.301 e. The molecule has 0 heterocycles. The van der Waals surface area contributed by atoms with Crippen molar-refractivity contribution in [3.8, 4) is 6.07 Å². The van der Waals surface area contributed by atoms with E-state index in [1.165, 1.54) is 12.8 Å². The van der Waals surface area contributed by atoms with E-state index in [4.69, 9.17) is 0 Å². The average molecular weight is 239 g/mol. The summed E-state index contributed by atoms with van der Waals surface area (Å²) in [6.45, 7) is 11.5. The van der Waals surface area contributed by atoms with Gasteiger partial charge in [0.25, 0.3) is 0 Å². The topological polar surface area (TPSA) is 39.1 Å². The zero-order valence-electron chi connectivity index (χ0n) is 12.4. The second-order valence-electron chi connectivity index (χ2n) is 5.16. The predicted octanol–water partition coefficient (Wildman–Crippen LogP) is 2.78. The summed E-state index contributed by atoms with van der Waals surface area (Å²) >= 11 is 0. The lowest BCUT2D eigenvalue weighted by atomic mass is 9.93. The Bertz CT molecular complexity index is 242. The molecule has 0 aromatic heterocycles. The summed E-state index contributed by atoms with van der Waals surface area (Å²) in [6.07, 6.45) is 3.20. The molecule has 2 atom stereocenters. The summed E-state index contributed by atoms with van der Waals surface area (Å²) in [7, 11) is 2.17. The molecule has 0 bridgehead atoms. The molecule has 0 aromatic rings. The molecule has 0 aliphatic heterocycles. The van der Waals surface area contributed by atoms with E-state index in [-0.39, 0.29) is 0 Å². The molecule has 3 heteroatoms. The van der Waals surface area contributed by atoms with Gasteiger partial charge < -0.3 is 4.90 Å². The number of hydrogen-bond acceptors (Lipinski definition) is 3. The second kappa shape index (κ2) is 7.68. The Morgan fingerprint density at radius 1 is 1.29 bits per heavy atom. The van der Waals surface area contributed by atoms with Crippen molar-refractivity contribution in [2.45, 2.75) is 71.5 Å². The van der Waals surface area contributed by atoms with Gasteiger partial charge in [-0.2, -0.15) is 5.26 Å². The van der Waals surface area contributed by atoms with E-state index < -0.39 is 5.54 Å². The molecule has 0 aliphatic carbocycles. The van der Waals surface area contributed by atoms with Gasteiger partial charge in [-0.25, -0.2) is 0 Å². The van der Waals surface area contributed by atoms with E-state index in [0.29, 0.717) is 12.1 Å². The first-order valence-corrected chi connectivity index (χ1v) is 6.82. The van der Waals surface area contributed by atoms with Gasteiger partial charge in [-0.15, -0.1) is 0 Å². The standard InChI is InChI=1S/C14H29N3/c1-7-13(8-2)17(6)12(4)10-14(5,11-15)16-9-3/h12-13,16H,7-10H2,1-6H3. The van der Waals surface area contributed by atoms with Crippen LogP contribution in [0.3, 0.4) is 0 Å². The van der Waals surface area contributed by atoms with Crippen molar-refractivity contribution >= 4 is 0 Å². The normalized spacial score (nSPS) is 16.9. The summed E-state index contributed by atoms with van der Waals surface area (Å²) in [5, 5.41) is 12.6. The molecule has 0 radical (unpaired) electrons. The monoisotopic (exact) mass is 239 g/mol.